The van der Waals surface area contributed by atoms with Crippen molar-refractivity contribution in [3.8, 4) is 0 Å². The number of ether oxygens (including phenoxy) is 1. The van der Waals surface area contributed by atoms with Gasteiger partial charge in [0.2, 0.25) is 6.10 Å². The van der Waals surface area contributed by atoms with Crippen molar-refractivity contribution in [2.24, 2.45) is 5.92 Å². The number of carboxylic acid groups (broad SMARTS) is 4. The van der Waals surface area contributed by atoms with Gasteiger partial charge in [-0.3, -0.25) is 14.1 Å². The highest BCUT2D eigenvalue weighted by atomic mass is 32.2. The lowest BCUT2D eigenvalue weighted by atomic mass is 9.98. The minimum Gasteiger partial charge on any atom is -0.481 e. The Morgan fingerprint density at radius 2 is 1.50 bits per heavy atom. The zero-order chi connectivity index (χ0) is 21.8. The largest absolute Gasteiger partial charge is 0.481 e. The third-order valence-corrected chi connectivity index (χ3v) is 4.14. The summed E-state index contributed by atoms with van der Waals surface area (Å²) in [6, 6.07) is 1.62. The van der Waals surface area contributed by atoms with Crippen molar-refractivity contribution < 1.29 is 62.1 Å². The molecular formula is C14H12O13S. The van der Waals surface area contributed by atoms with Crippen LogP contribution in [-0.4, -0.2) is 69.3 Å². The van der Waals surface area contributed by atoms with Gasteiger partial charge in [-0.05, 0) is 18.2 Å². The molecule has 0 saturated heterocycles. The Hall–Kier alpha value is -3.52. The molecule has 13 nitrogen and oxygen atoms in total. The summed E-state index contributed by atoms with van der Waals surface area (Å²) >= 11 is 0. The van der Waals surface area contributed by atoms with Crippen LogP contribution in [0.4, 0.5) is 0 Å². The van der Waals surface area contributed by atoms with E-state index >= 15 is 0 Å². The van der Waals surface area contributed by atoms with Crippen LogP contribution >= 0.6 is 0 Å². The predicted molar refractivity (Wildman–Crippen MR) is 83.4 cm³/mol. The summed E-state index contributed by atoms with van der Waals surface area (Å²) in [5, 5.41) is 35.8. The van der Waals surface area contributed by atoms with Crippen molar-refractivity contribution in [3.63, 3.8) is 0 Å². The topological polar surface area (TPSA) is 230 Å². The average molecular weight is 420 g/mol. The summed E-state index contributed by atoms with van der Waals surface area (Å²) < 4.78 is 35.5. The molecule has 0 aliphatic rings. The maximum atomic E-state index is 12.2. The normalized spacial score (nSPS) is 13.2. The van der Waals surface area contributed by atoms with Crippen molar-refractivity contribution in [1.29, 1.82) is 0 Å². The van der Waals surface area contributed by atoms with Gasteiger partial charge in [0.15, 0.2) is 0 Å². The summed E-state index contributed by atoms with van der Waals surface area (Å²) in [5.41, 5.74) is -1.85. The Bertz CT molecular complexity index is 946. The van der Waals surface area contributed by atoms with Crippen LogP contribution in [0.1, 0.15) is 27.1 Å². The molecule has 1 rings (SSSR count). The van der Waals surface area contributed by atoms with Crippen LogP contribution in [0.2, 0.25) is 0 Å². The second kappa shape index (κ2) is 8.45. The number of hydrogen-bond acceptors (Lipinski definition) is 8. The molecule has 0 saturated carbocycles. The maximum absolute atomic E-state index is 12.2. The van der Waals surface area contributed by atoms with E-state index in [9.17, 15) is 32.4 Å². The Morgan fingerprint density at radius 3 is 1.89 bits per heavy atom. The van der Waals surface area contributed by atoms with Gasteiger partial charge in [0.05, 0.1) is 22.4 Å². The molecule has 0 heterocycles. The van der Waals surface area contributed by atoms with Crippen molar-refractivity contribution in [2.75, 3.05) is 0 Å². The molecule has 1 aromatic carbocycles. The minimum absolute atomic E-state index is 0.399. The number of aliphatic carboxylic acids is 3. The number of carbonyl (C=O) groups excluding carboxylic acids is 1. The molecule has 5 N–H and O–H groups in total. The summed E-state index contributed by atoms with van der Waals surface area (Å²) in [6.45, 7) is 0. The lowest BCUT2D eigenvalue weighted by Gasteiger charge is -2.19. The monoisotopic (exact) mass is 420 g/mol. The number of hydrogen-bond donors (Lipinski definition) is 5. The first-order valence-electron chi connectivity index (χ1n) is 6.99. The first kappa shape index (κ1) is 22.5. The molecule has 1 aromatic rings. The van der Waals surface area contributed by atoms with Gasteiger partial charge in [0.25, 0.3) is 10.1 Å². The summed E-state index contributed by atoms with van der Waals surface area (Å²) in [5.74, 6) is -11.3. The van der Waals surface area contributed by atoms with Gasteiger partial charge in [-0.25, -0.2) is 14.4 Å². The SMILES string of the molecule is O=C(O)CC(C(=O)O)C(OC(=O)c1ccc(S(=O)(=O)O)cc1C(=O)O)C(=O)O. The van der Waals surface area contributed by atoms with Gasteiger partial charge >= 0.3 is 29.8 Å². The van der Waals surface area contributed by atoms with E-state index in [0.717, 1.165) is 0 Å². The van der Waals surface area contributed by atoms with Crippen LogP contribution in [0.5, 0.6) is 0 Å². The van der Waals surface area contributed by atoms with Gasteiger partial charge < -0.3 is 25.2 Å². The molecule has 2 unspecified atom stereocenters. The fraction of sp³-hybridized carbons (Fsp3) is 0.214. The van der Waals surface area contributed by atoms with Gasteiger partial charge in [0, 0.05) is 0 Å². The zero-order valence-electron chi connectivity index (χ0n) is 13.5. The molecule has 152 valence electrons. The van der Waals surface area contributed by atoms with Crippen LogP contribution in [0, 0.1) is 5.92 Å². The minimum atomic E-state index is -4.83. The van der Waals surface area contributed by atoms with E-state index in [1.807, 2.05) is 0 Å². The maximum Gasteiger partial charge on any atom is 0.345 e. The average Bonchev–Trinajstić information content (AvgIpc) is 2.55. The fourth-order valence-corrected chi connectivity index (χ4v) is 2.54. The summed E-state index contributed by atoms with van der Waals surface area (Å²) in [7, 11) is -4.83. The molecule has 0 fully saturated rings. The van der Waals surface area contributed by atoms with Gasteiger partial charge in [0.1, 0.15) is 5.92 Å². The Kier molecular flexibility index (Phi) is 6.79. The highest BCUT2D eigenvalue weighted by Crippen LogP contribution is 2.21. The Labute approximate surface area is 155 Å². The molecule has 0 aromatic heterocycles. The first-order valence-corrected chi connectivity index (χ1v) is 8.43. The standard InChI is InChI=1S/C14H12O13S/c15-9(16)4-8(12(19)20)10(13(21)22)27-14(23)6-2-1-5(28(24,25)26)3-7(6)11(17)18/h1-3,8,10H,4H2,(H,15,16)(H,17,18)(H,19,20)(H,21,22)(H,24,25,26). The van der Waals surface area contributed by atoms with Crippen LogP contribution in [0.15, 0.2) is 23.1 Å². The number of benzene rings is 1. The lowest BCUT2D eigenvalue weighted by molar-refractivity contribution is -0.162. The van der Waals surface area contributed by atoms with Crippen molar-refractivity contribution >= 4 is 40.0 Å². The predicted octanol–water partition coefficient (Wildman–Crippen LogP) is -0.583. The van der Waals surface area contributed by atoms with E-state index in [0.29, 0.717) is 18.2 Å². The van der Waals surface area contributed by atoms with E-state index in [2.05, 4.69) is 4.74 Å². The highest BCUT2D eigenvalue weighted by molar-refractivity contribution is 7.85. The smallest absolute Gasteiger partial charge is 0.345 e. The molecule has 0 bridgehead atoms. The van der Waals surface area contributed by atoms with E-state index in [4.69, 9.17) is 25.0 Å². The molecule has 0 aliphatic heterocycles. The van der Waals surface area contributed by atoms with Crippen molar-refractivity contribution in [2.45, 2.75) is 17.4 Å². The quantitative estimate of drug-likeness (QED) is 0.249. The molecule has 0 aliphatic carbocycles. The van der Waals surface area contributed by atoms with E-state index < -0.39 is 74.4 Å². The molecular weight excluding hydrogens is 408 g/mol. The third kappa shape index (κ3) is 5.49. The fourth-order valence-electron chi connectivity index (χ4n) is 2.03. The number of esters is 1. The third-order valence-electron chi connectivity index (χ3n) is 3.29. The van der Waals surface area contributed by atoms with Crippen molar-refractivity contribution in [1.82, 2.24) is 0 Å². The summed E-state index contributed by atoms with van der Waals surface area (Å²) in [4.78, 5) is 55.6. The molecule has 28 heavy (non-hydrogen) atoms. The van der Waals surface area contributed by atoms with Gasteiger partial charge in [-0.15, -0.1) is 0 Å². The van der Waals surface area contributed by atoms with Gasteiger partial charge in [-0.2, -0.15) is 8.42 Å². The molecule has 0 amide bonds. The number of carbonyl (C=O) groups is 5. The van der Waals surface area contributed by atoms with Crippen LogP contribution in [0.25, 0.3) is 0 Å². The first-order chi connectivity index (χ1) is 12.8. The summed E-state index contributed by atoms with van der Waals surface area (Å²) in [6.07, 6.45) is -3.70. The lowest BCUT2D eigenvalue weighted by Crippen LogP contribution is -2.40. The molecule has 0 spiro atoms. The van der Waals surface area contributed by atoms with Gasteiger partial charge in [-0.1, -0.05) is 0 Å². The Morgan fingerprint density at radius 1 is 0.929 bits per heavy atom. The van der Waals surface area contributed by atoms with Crippen molar-refractivity contribution in [3.05, 3.63) is 29.3 Å². The van der Waals surface area contributed by atoms with Crippen LogP contribution in [-0.2, 0) is 29.2 Å². The zero-order valence-corrected chi connectivity index (χ0v) is 14.3. The van der Waals surface area contributed by atoms with E-state index in [-0.39, 0.29) is 0 Å². The highest BCUT2D eigenvalue weighted by Gasteiger charge is 2.39. The van der Waals surface area contributed by atoms with Crippen LogP contribution in [0.3, 0.4) is 0 Å². The second-order valence-electron chi connectivity index (χ2n) is 5.19. The molecule has 0 radical (unpaired) electrons. The number of aromatic carboxylic acids is 1. The molecule has 14 heteroatoms. The van der Waals surface area contributed by atoms with E-state index in [1.54, 1.807) is 0 Å². The molecule has 2 atom stereocenters. The second-order valence-corrected chi connectivity index (χ2v) is 6.62. The Balaban J connectivity index is 3.35. The van der Waals surface area contributed by atoms with E-state index in [1.165, 1.54) is 0 Å². The number of carboxylic acids is 4. The van der Waals surface area contributed by atoms with Crippen LogP contribution < -0.4 is 0 Å². The number of rotatable bonds is 9.